The third-order valence-corrected chi connectivity index (χ3v) is 3.81. The van der Waals surface area contributed by atoms with Gasteiger partial charge in [-0.15, -0.1) is 0 Å². The van der Waals surface area contributed by atoms with Gasteiger partial charge in [0.05, 0.1) is 7.11 Å². The molecule has 132 valence electrons. The van der Waals surface area contributed by atoms with Crippen molar-refractivity contribution in [3.8, 4) is 5.75 Å². The van der Waals surface area contributed by atoms with Gasteiger partial charge in [-0.25, -0.2) is 4.79 Å². The second-order valence-electron chi connectivity index (χ2n) is 5.44. The van der Waals surface area contributed by atoms with E-state index in [1.807, 2.05) is 6.07 Å². The smallest absolute Gasteiger partial charge is 0.326 e. The minimum absolute atomic E-state index is 0.107. The van der Waals surface area contributed by atoms with Crippen LogP contribution in [0.15, 0.2) is 54.6 Å². The lowest BCUT2D eigenvalue weighted by Gasteiger charge is -2.20. The van der Waals surface area contributed by atoms with Gasteiger partial charge in [-0.05, 0) is 17.2 Å². The van der Waals surface area contributed by atoms with E-state index >= 15 is 0 Å². The van der Waals surface area contributed by atoms with Gasteiger partial charge in [0.15, 0.2) is 6.10 Å². The fraction of sp³-hybridized carbons (Fsp3) is 0.263. The van der Waals surface area contributed by atoms with Gasteiger partial charge in [0.25, 0.3) is 5.91 Å². The van der Waals surface area contributed by atoms with Gasteiger partial charge < -0.3 is 19.9 Å². The number of rotatable bonds is 8. The van der Waals surface area contributed by atoms with Crippen molar-refractivity contribution in [3.63, 3.8) is 0 Å². The Morgan fingerprint density at radius 1 is 1.04 bits per heavy atom. The summed E-state index contributed by atoms with van der Waals surface area (Å²) in [5.74, 6) is -1.05. The molecular formula is C19H21NO5. The number of amides is 1. The monoisotopic (exact) mass is 343 g/mol. The van der Waals surface area contributed by atoms with E-state index < -0.39 is 24.0 Å². The van der Waals surface area contributed by atoms with Crippen LogP contribution in [-0.4, -0.2) is 37.2 Å². The highest BCUT2D eigenvalue weighted by Gasteiger charge is 2.27. The zero-order valence-corrected chi connectivity index (χ0v) is 14.1. The van der Waals surface area contributed by atoms with Crippen LogP contribution in [0.1, 0.15) is 17.2 Å². The third kappa shape index (κ3) is 4.81. The SMILES string of the molecule is COc1ccccc1C[C@H](NC(=O)[C@@H](OC)c1ccccc1)C(=O)O. The number of methoxy groups -OCH3 is 2. The molecule has 6 nitrogen and oxygen atoms in total. The maximum atomic E-state index is 12.5. The molecule has 2 aromatic rings. The quantitative estimate of drug-likeness (QED) is 0.767. The number of carboxylic acid groups (broad SMARTS) is 1. The van der Waals surface area contributed by atoms with Crippen LogP contribution in [0.5, 0.6) is 5.75 Å². The summed E-state index contributed by atoms with van der Waals surface area (Å²) in [5, 5.41) is 12.0. The molecule has 0 saturated heterocycles. The number of para-hydroxylation sites is 1. The summed E-state index contributed by atoms with van der Waals surface area (Å²) in [5.41, 5.74) is 1.36. The van der Waals surface area contributed by atoms with E-state index in [2.05, 4.69) is 5.32 Å². The zero-order valence-electron chi connectivity index (χ0n) is 14.1. The average molecular weight is 343 g/mol. The van der Waals surface area contributed by atoms with E-state index in [9.17, 15) is 14.7 Å². The molecule has 2 N–H and O–H groups in total. The zero-order chi connectivity index (χ0) is 18.2. The molecule has 0 saturated carbocycles. The van der Waals surface area contributed by atoms with Gasteiger partial charge in [-0.3, -0.25) is 4.79 Å². The summed E-state index contributed by atoms with van der Waals surface area (Å²) in [7, 11) is 2.93. The largest absolute Gasteiger partial charge is 0.496 e. The molecule has 2 aromatic carbocycles. The highest BCUT2D eigenvalue weighted by Crippen LogP contribution is 2.20. The Hall–Kier alpha value is -2.86. The molecule has 0 heterocycles. The summed E-state index contributed by atoms with van der Waals surface area (Å²) in [4.78, 5) is 24.1. The molecule has 0 bridgehead atoms. The van der Waals surface area contributed by atoms with Gasteiger partial charge in [-0.2, -0.15) is 0 Å². The molecule has 1 amide bonds. The van der Waals surface area contributed by atoms with Gasteiger partial charge in [0, 0.05) is 13.5 Å². The van der Waals surface area contributed by atoms with Crippen LogP contribution in [0, 0.1) is 0 Å². The second-order valence-corrected chi connectivity index (χ2v) is 5.44. The van der Waals surface area contributed by atoms with Crippen LogP contribution < -0.4 is 10.1 Å². The van der Waals surface area contributed by atoms with Crippen LogP contribution in [0.4, 0.5) is 0 Å². The van der Waals surface area contributed by atoms with Gasteiger partial charge in [-0.1, -0.05) is 48.5 Å². The van der Waals surface area contributed by atoms with Crippen LogP contribution in [-0.2, 0) is 20.7 Å². The van der Waals surface area contributed by atoms with Crippen LogP contribution in [0.3, 0.4) is 0 Å². The van der Waals surface area contributed by atoms with Crippen molar-refractivity contribution in [1.82, 2.24) is 5.32 Å². The minimum atomic E-state index is -1.12. The fourth-order valence-electron chi connectivity index (χ4n) is 2.56. The van der Waals surface area contributed by atoms with E-state index in [4.69, 9.17) is 9.47 Å². The lowest BCUT2D eigenvalue weighted by molar-refractivity contribution is -0.144. The number of aliphatic carboxylic acids is 1. The molecule has 2 atom stereocenters. The van der Waals surface area contributed by atoms with E-state index in [1.54, 1.807) is 48.5 Å². The first-order valence-corrected chi connectivity index (χ1v) is 7.79. The van der Waals surface area contributed by atoms with Crippen molar-refractivity contribution in [2.75, 3.05) is 14.2 Å². The predicted octanol–water partition coefficient (Wildman–Crippen LogP) is 2.19. The van der Waals surface area contributed by atoms with E-state index in [0.717, 1.165) is 0 Å². The topological polar surface area (TPSA) is 84.9 Å². The molecule has 0 aliphatic rings. The molecular weight excluding hydrogens is 322 g/mol. The number of benzene rings is 2. The standard InChI is InChI=1S/C19H21NO5/c1-24-16-11-7-6-10-14(16)12-15(19(22)23)20-18(21)17(25-2)13-8-4-3-5-9-13/h3-11,15,17H,12H2,1-2H3,(H,20,21)(H,22,23)/t15-,17-/m0/s1. The lowest BCUT2D eigenvalue weighted by atomic mass is 10.0. The number of carboxylic acids is 1. The average Bonchev–Trinajstić information content (AvgIpc) is 2.63. The number of carbonyl (C=O) groups is 2. The summed E-state index contributed by atoms with van der Waals surface area (Å²) in [6.07, 6.45) is -0.767. The molecule has 25 heavy (non-hydrogen) atoms. The maximum Gasteiger partial charge on any atom is 0.326 e. The van der Waals surface area contributed by atoms with Crippen molar-refractivity contribution < 1.29 is 24.2 Å². The van der Waals surface area contributed by atoms with E-state index in [-0.39, 0.29) is 6.42 Å². The van der Waals surface area contributed by atoms with Crippen LogP contribution in [0.2, 0.25) is 0 Å². The Morgan fingerprint density at radius 3 is 2.28 bits per heavy atom. The number of nitrogens with one attached hydrogen (secondary N) is 1. The first-order valence-electron chi connectivity index (χ1n) is 7.79. The van der Waals surface area contributed by atoms with E-state index in [0.29, 0.717) is 16.9 Å². The van der Waals surface area contributed by atoms with Crippen molar-refractivity contribution in [2.24, 2.45) is 0 Å². The molecule has 0 spiro atoms. The molecule has 0 aromatic heterocycles. The molecule has 0 aliphatic heterocycles. The van der Waals surface area contributed by atoms with E-state index in [1.165, 1.54) is 14.2 Å². The molecule has 0 unspecified atom stereocenters. The van der Waals surface area contributed by atoms with Gasteiger partial charge in [0.2, 0.25) is 0 Å². The van der Waals surface area contributed by atoms with Gasteiger partial charge in [0.1, 0.15) is 11.8 Å². The van der Waals surface area contributed by atoms with Crippen LogP contribution in [0.25, 0.3) is 0 Å². The Labute approximate surface area is 146 Å². The number of hydrogen-bond acceptors (Lipinski definition) is 4. The Balaban J connectivity index is 2.15. The molecule has 2 rings (SSSR count). The van der Waals surface area contributed by atoms with Crippen molar-refractivity contribution in [2.45, 2.75) is 18.6 Å². The Bertz CT molecular complexity index is 717. The molecule has 0 radical (unpaired) electrons. The highest BCUT2D eigenvalue weighted by molar-refractivity contribution is 5.87. The summed E-state index contributed by atoms with van der Waals surface area (Å²) < 4.78 is 10.5. The van der Waals surface area contributed by atoms with Crippen molar-refractivity contribution in [3.05, 3.63) is 65.7 Å². The number of carbonyl (C=O) groups excluding carboxylic acids is 1. The molecule has 6 heteroatoms. The van der Waals surface area contributed by atoms with Crippen molar-refractivity contribution >= 4 is 11.9 Å². The first kappa shape index (κ1) is 18.5. The van der Waals surface area contributed by atoms with Crippen molar-refractivity contribution in [1.29, 1.82) is 0 Å². The third-order valence-electron chi connectivity index (χ3n) is 3.81. The summed E-state index contributed by atoms with van der Waals surface area (Å²) >= 11 is 0. The number of hydrogen-bond donors (Lipinski definition) is 2. The first-order chi connectivity index (χ1) is 12.1. The predicted molar refractivity (Wildman–Crippen MR) is 92.5 cm³/mol. The minimum Gasteiger partial charge on any atom is -0.496 e. The lowest BCUT2D eigenvalue weighted by Crippen LogP contribution is -2.44. The number of ether oxygens (including phenoxy) is 2. The highest BCUT2D eigenvalue weighted by atomic mass is 16.5. The van der Waals surface area contributed by atoms with Crippen LogP contribution >= 0.6 is 0 Å². The normalized spacial score (nSPS) is 12.9. The Morgan fingerprint density at radius 2 is 1.68 bits per heavy atom. The molecule has 0 fully saturated rings. The second kappa shape index (κ2) is 8.84. The fourth-order valence-corrected chi connectivity index (χ4v) is 2.56. The van der Waals surface area contributed by atoms with Gasteiger partial charge >= 0.3 is 5.97 Å². The molecule has 0 aliphatic carbocycles. The maximum absolute atomic E-state index is 12.5. The Kier molecular flexibility index (Phi) is 6.54. The summed E-state index contributed by atoms with van der Waals surface area (Å²) in [6.45, 7) is 0. The summed E-state index contributed by atoms with van der Waals surface area (Å²) in [6, 6.07) is 14.9.